The third-order valence-electron chi connectivity index (χ3n) is 3.47. The molecule has 0 aromatic heterocycles. The average molecular weight is 320 g/mol. The van der Waals surface area contributed by atoms with Crippen LogP contribution in [0.3, 0.4) is 0 Å². The first-order chi connectivity index (χ1) is 11.0. The third-order valence-corrected chi connectivity index (χ3v) is 3.47. The van der Waals surface area contributed by atoms with Crippen LogP contribution in [0, 0.1) is 5.92 Å². The Bertz CT molecular complexity index is 572. The quantitative estimate of drug-likeness (QED) is 0.870. The molecule has 0 atom stereocenters. The molecule has 0 aliphatic carbocycles. The van der Waals surface area contributed by atoms with Gasteiger partial charge in [-0.2, -0.15) is 0 Å². The average Bonchev–Trinajstić information content (AvgIpc) is 2.50. The topological polar surface area (TPSA) is 67.9 Å². The van der Waals surface area contributed by atoms with E-state index >= 15 is 0 Å². The van der Waals surface area contributed by atoms with Crippen molar-refractivity contribution in [3.05, 3.63) is 18.2 Å². The number of carbonyl (C=O) groups excluding carboxylic acids is 2. The van der Waals surface area contributed by atoms with Gasteiger partial charge in [-0.25, -0.2) is 0 Å². The van der Waals surface area contributed by atoms with Crippen LogP contribution < -0.4 is 19.7 Å². The first-order valence-electron chi connectivity index (χ1n) is 7.92. The largest absolute Gasteiger partial charge is 0.486 e. The van der Waals surface area contributed by atoms with Crippen LogP contribution in [0.5, 0.6) is 11.5 Å². The van der Waals surface area contributed by atoms with E-state index in [9.17, 15) is 9.59 Å². The van der Waals surface area contributed by atoms with Gasteiger partial charge in [0.15, 0.2) is 11.5 Å². The van der Waals surface area contributed by atoms with E-state index in [0.717, 1.165) is 5.69 Å². The van der Waals surface area contributed by atoms with Crippen LogP contribution in [0.2, 0.25) is 0 Å². The molecule has 126 valence electrons. The van der Waals surface area contributed by atoms with Gasteiger partial charge in [-0.3, -0.25) is 9.59 Å². The molecule has 6 nitrogen and oxygen atoms in total. The Hall–Kier alpha value is -2.24. The van der Waals surface area contributed by atoms with E-state index in [2.05, 4.69) is 5.32 Å². The smallest absolute Gasteiger partial charge is 0.223 e. The molecule has 1 aromatic carbocycles. The van der Waals surface area contributed by atoms with Crippen molar-refractivity contribution in [1.82, 2.24) is 5.32 Å². The lowest BCUT2D eigenvalue weighted by Gasteiger charge is -2.24. The van der Waals surface area contributed by atoms with E-state index in [1.807, 2.05) is 19.9 Å². The molecule has 23 heavy (non-hydrogen) atoms. The molecule has 0 bridgehead atoms. The summed E-state index contributed by atoms with van der Waals surface area (Å²) in [6.07, 6.45) is 0.490. The molecule has 0 unspecified atom stereocenters. The van der Waals surface area contributed by atoms with Crippen molar-refractivity contribution < 1.29 is 19.1 Å². The predicted octanol–water partition coefficient (Wildman–Crippen LogP) is 1.97. The second-order valence-corrected chi connectivity index (χ2v) is 5.95. The van der Waals surface area contributed by atoms with E-state index in [0.29, 0.717) is 50.1 Å². The van der Waals surface area contributed by atoms with Gasteiger partial charge in [-0.05, 0) is 18.1 Å². The van der Waals surface area contributed by atoms with Gasteiger partial charge in [-0.15, -0.1) is 0 Å². The molecule has 1 aliphatic rings. The van der Waals surface area contributed by atoms with Crippen LogP contribution in [0.1, 0.15) is 27.2 Å². The summed E-state index contributed by atoms with van der Waals surface area (Å²) in [5.74, 6) is 1.57. The Kier molecular flexibility index (Phi) is 5.84. The van der Waals surface area contributed by atoms with E-state index in [1.165, 1.54) is 6.92 Å². The molecule has 0 saturated carbocycles. The standard InChI is InChI=1S/C17H24N2O4/c1-12(2)10-17(21)18-6-7-19(13(3)20)14-4-5-15-16(11-14)23-9-8-22-15/h4-5,11-12H,6-10H2,1-3H3,(H,18,21). The van der Waals surface area contributed by atoms with Gasteiger partial charge in [0.2, 0.25) is 11.8 Å². The Morgan fingerprint density at radius 2 is 1.91 bits per heavy atom. The van der Waals surface area contributed by atoms with Gasteiger partial charge in [-0.1, -0.05) is 13.8 Å². The number of hydrogen-bond acceptors (Lipinski definition) is 4. The Balaban J connectivity index is 1.98. The van der Waals surface area contributed by atoms with Crippen molar-refractivity contribution in [2.24, 2.45) is 5.92 Å². The number of hydrogen-bond donors (Lipinski definition) is 1. The van der Waals surface area contributed by atoms with Crippen LogP contribution in [0.25, 0.3) is 0 Å². The van der Waals surface area contributed by atoms with E-state index in [1.54, 1.807) is 17.0 Å². The minimum Gasteiger partial charge on any atom is -0.486 e. The summed E-state index contributed by atoms with van der Waals surface area (Å²) in [5.41, 5.74) is 0.736. The fourth-order valence-electron chi connectivity index (χ4n) is 2.42. The monoisotopic (exact) mass is 320 g/mol. The molecule has 0 radical (unpaired) electrons. The number of amides is 2. The molecule has 1 aromatic rings. The number of fused-ring (bicyclic) bond motifs is 1. The van der Waals surface area contributed by atoms with E-state index < -0.39 is 0 Å². The van der Waals surface area contributed by atoms with Crippen molar-refractivity contribution in [2.45, 2.75) is 27.2 Å². The van der Waals surface area contributed by atoms with Crippen molar-refractivity contribution in [2.75, 3.05) is 31.2 Å². The molecule has 1 heterocycles. The fourth-order valence-corrected chi connectivity index (χ4v) is 2.42. The third kappa shape index (κ3) is 4.87. The minimum absolute atomic E-state index is 0.00526. The van der Waals surface area contributed by atoms with Crippen LogP contribution in [-0.4, -0.2) is 38.1 Å². The molecule has 0 saturated heterocycles. The van der Waals surface area contributed by atoms with Crippen molar-refractivity contribution in [1.29, 1.82) is 0 Å². The number of nitrogens with one attached hydrogen (secondary N) is 1. The number of rotatable bonds is 6. The van der Waals surface area contributed by atoms with Gasteiger partial charge >= 0.3 is 0 Å². The molecule has 0 spiro atoms. The van der Waals surface area contributed by atoms with E-state index in [4.69, 9.17) is 9.47 Å². The molecule has 1 aliphatic heterocycles. The fraction of sp³-hybridized carbons (Fsp3) is 0.529. The van der Waals surface area contributed by atoms with E-state index in [-0.39, 0.29) is 11.8 Å². The second kappa shape index (κ2) is 7.85. The maximum atomic E-state index is 11.9. The highest BCUT2D eigenvalue weighted by Gasteiger charge is 2.17. The van der Waals surface area contributed by atoms with Gasteiger partial charge in [0.25, 0.3) is 0 Å². The van der Waals surface area contributed by atoms with Crippen LogP contribution in [0.15, 0.2) is 18.2 Å². The summed E-state index contributed by atoms with van der Waals surface area (Å²) < 4.78 is 11.0. The predicted molar refractivity (Wildman–Crippen MR) is 87.9 cm³/mol. The summed E-state index contributed by atoms with van der Waals surface area (Å²) in [4.78, 5) is 25.2. The maximum Gasteiger partial charge on any atom is 0.223 e. The van der Waals surface area contributed by atoms with Crippen LogP contribution in [0.4, 0.5) is 5.69 Å². The summed E-state index contributed by atoms with van der Waals surface area (Å²) in [7, 11) is 0. The molecule has 0 fully saturated rings. The zero-order valence-corrected chi connectivity index (χ0v) is 13.9. The van der Waals surface area contributed by atoms with Gasteiger partial charge in [0.05, 0.1) is 0 Å². The number of anilines is 1. The lowest BCUT2D eigenvalue weighted by molar-refractivity contribution is -0.122. The first-order valence-corrected chi connectivity index (χ1v) is 7.92. The SMILES string of the molecule is CC(=O)N(CCNC(=O)CC(C)C)c1ccc2c(c1)OCCO2. The zero-order chi connectivity index (χ0) is 16.8. The summed E-state index contributed by atoms with van der Waals surface area (Å²) in [6.45, 7) is 7.37. The summed E-state index contributed by atoms with van der Waals surface area (Å²) in [6, 6.07) is 5.42. The maximum absolute atomic E-state index is 11.9. The van der Waals surface area contributed by atoms with Gasteiger partial charge in [0, 0.05) is 38.2 Å². The van der Waals surface area contributed by atoms with Crippen molar-refractivity contribution in [3.8, 4) is 11.5 Å². The van der Waals surface area contributed by atoms with Crippen molar-refractivity contribution in [3.63, 3.8) is 0 Å². The summed E-state index contributed by atoms with van der Waals surface area (Å²) in [5, 5.41) is 2.84. The van der Waals surface area contributed by atoms with Gasteiger partial charge < -0.3 is 19.7 Å². The van der Waals surface area contributed by atoms with Gasteiger partial charge in [0.1, 0.15) is 13.2 Å². The lowest BCUT2D eigenvalue weighted by Crippen LogP contribution is -2.37. The molecular formula is C17H24N2O4. The zero-order valence-electron chi connectivity index (χ0n) is 13.9. The lowest BCUT2D eigenvalue weighted by atomic mass is 10.1. The molecule has 2 amide bonds. The van der Waals surface area contributed by atoms with Crippen molar-refractivity contribution >= 4 is 17.5 Å². The summed E-state index contributed by atoms with van der Waals surface area (Å²) >= 11 is 0. The highest BCUT2D eigenvalue weighted by molar-refractivity contribution is 5.92. The molecule has 6 heteroatoms. The number of carbonyl (C=O) groups is 2. The Morgan fingerprint density at radius 3 is 2.57 bits per heavy atom. The molecule has 2 rings (SSSR count). The highest BCUT2D eigenvalue weighted by Crippen LogP contribution is 2.33. The number of ether oxygens (including phenoxy) is 2. The van der Waals surface area contributed by atoms with Crippen LogP contribution in [-0.2, 0) is 9.59 Å². The number of nitrogens with zero attached hydrogens (tertiary/aromatic N) is 1. The highest BCUT2D eigenvalue weighted by atomic mass is 16.6. The normalized spacial score (nSPS) is 12.9. The molecule has 1 N–H and O–H groups in total. The number of benzene rings is 1. The van der Waals surface area contributed by atoms with Crippen LogP contribution >= 0.6 is 0 Å². The Labute approximate surface area is 136 Å². The minimum atomic E-state index is -0.0835. The second-order valence-electron chi connectivity index (χ2n) is 5.95. The molecular weight excluding hydrogens is 296 g/mol. The Morgan fingerprint density at radius 1 is 1.22 bits per heavy atom. The first kappa shape index (κ1) is 17.1.